The first-order chi connectivity index (χ1) is 11.7. The summed E-state index contributed by atoms with van der Waals surface area (Å²) in [6, 6.07) is 7.00. The van der Waals surface area contributed by atoms with Gasteiger partial charge in [0.2, 0.25) is 5.13 Å². The zero-order chi connectivity index (χ0) is 16.8. The maximum atomic E-state index is 12.2. The van der Waals surface area contributed by atoms with Crippen LogP contribution in [0.25, 0.3) is 0 Å². The molecule has 3 rings (SSSR count). The van der Waals surface area contributed by atoms with E-state index < -0.39 is 0 Å². The molecule has 0 bridgehead atoms. The van der Waals surface area contributed by atoms with Crippen LogP contribution in [0.5, 0.6) is 5.75 Å². The first-order valence-electron chi connectivity index (χ1n) is 7.82. The van der Waals surface area contributed by atoms with Crippen LogP contribution in [-0.2, 0) is 11.2 Å². The third-order valence-electron chi connectivity index (χ3n) is 3.76. The summed E-state index contributed by atoms with van der Waals surface area (Å²) >= 11 is 1.41. The Morgan fingerprint density at radius 2 is 2.21 bits per heavy atom. The van der Waals surface area contributed by atoms with Crippen LogP contribution in [0, 0.1) is 0 Å². The Kier molecular flexibility index (Phi) is 5.73. The summed E-state index contributed by atoms with van der Waals surface area (Å²) in [5, 5.41) is 12.4. The van der Waals surface area contributed by atoms with E-state index in [1.807, 2.05) is 0 Å². The third kappa shape index (κ3) is 4.50. The lowest BCUT2D eigenvalue weighted by Crippen LogP contribution is -2.37. The van der Waals surface area contributed by atoms with Crippen LogP contribution in [0.3, 0.4) is 0 Å². The van der Waals surface area contributed by atoms with Gasteiger partial charge in [-0.25, -0.2) is 0 Å². The first kappa shape index (κ1) is 16.8. The number of rotatable bonds is 6. The second-order valence-corrected chi connectivity index (χ2v) is 6.45. The number of carbonyl (C=O) groups is 1. The molecule has 0 spiro atoms. The van der Waals surface area contributed by atoms with Crippen molar-refractivity contribution in [3.8, 4) is 5.75 Å². The molecule has 1 saturated heterocycles. The van der Waals surface area contributed by atoms with Gasteiger partial charge in [-0.2, -0.15) is 0 Å². The van der Waals surface area contributed by atoms with Crippen LogP contribution in [0.1, 0.15) is 15.4 Å². The Morgan fingerprint density at radius 3 is 3.00 bits per heavy atom. The van der Waals surface area contributed by atoms with Gasteiger partial charge in [0.25, 0.3) is 5.91 Å². The Morgan fingerprint density at radius 1 is 1.38 bits per heavy atom. The average Bonchev–Trinajstić information content (AvgIpc) is 3.08. The molecule has 1 aliphatic heterocycles. The van der Waals surface area contributed by atoms with Gasteiger partial charge in [-0.1, -0.05) is 17.4 Å². The summed E-state index contributed by atoms with van der Waals surface area (Å²) < 4.78 is 10.5. The molecular weight excluding hydrogens is 328 g/mol. The number of benzene rings is 1. The number of hydrogen-bond donors (Lipinski definition) is 1. The number of anilines is 1. The summed E-state index contributed by atoms with van der Waals surface area (Å²) in [6.07, 6.45) is 0.826. The molecule has 1 aromatic heterocycles. The van der Waals surface area contributed by atoms with Gasteiger partial charge < -0.3 is 9.47 Å². The highest BCUT2D eigenvalue weighted by molar-refractivity contribution is 7.15. The molecule has 0 aliphatic carbocycles. The molecule has 1 aromatic carbocycles. The van der Waals surface area contributed by atoms with Crippen molar-refractivity contribution in [3.05, 3.63) is 34.8 Å². The molecule has 0 unspecified atom stereocenters. The summed E-state index contributed by atoms with van der Waals surface area (Å²) in [7, 11) is 1.57. The number of hydrogen-bond acceptors (Lipinski definition) is 7. The summed E-state index contributed by atoms with van der Waals surface area (Å²) in [5.74, 6) is 0.427. The number of aromatic nitrogens is 2. The summed E-state index contributed by atoms with van der Waals surface area (Å²) in [6.45, 7) is 4.42. The SMILES string of the molecule is COc1cccc(C(=O)Nc2nnc(CCN3CCOCC3)s2)c1. The number of morpholine rings is 1. The molecule has 7 nitrogen and oxygen atoms in total. The molecule has 1 aliphatic rings. The topological polar surface area (TPSA) is 76.6 Å². The van der Waals surface area contributed by atoms with Crippen LogP contribution >= 0.6 is 11.3 Å². The fraction of sp³-hybridized carbons (Fsp3) is 0.438. The van der Waals surface area contributed by atoms with Crippen molar-refractivity contribution in [2.45, 2.75) is 6.42 Å². The highest BCUT2D eigenvalue weighted by Crippen LogP contribution is 2.18. The van der Waals surface area contributed by atoms with E-state index in [2.05, 4.69) is 20.4 Å². The minimum atomic E-state index is -0.218. The van der Waals surface area contributed by atoms with Crippen molar-refractivity contribution in [1.29, 1.82) is 0 Å². The molecule has 0 saturated carbocycles. The maximum Gasteiger partial charge on any atom is 0.257 e. The van der Waals surface area contributed by atoms with Gasteiger partial charge in [0.1, 0.15) is 10.8 Å². The molecule has 2 aromatic rings. The molecule has 8 heteroatoms. The van der Waals surface area contributed by atoms with E-state index in [9.17, 15) is 4.79 Å². The molecule has 24 heavy (non-hydrogen) atoms. The predicted octanol–water partition coefficient (Wildman–Crippen LogP) is 1.67. The largest absolute Gasteiger partial charge is 0.497 e. The number of methoxy groups -OCH3 is 1. The lowest BCUT2D eigenvalue weighted by molar-refractivity contribution is 0.0384. The predicted molar refractivity (Wildman–Crippen MR) is 91.8 cm³/mol. The zero-order valence-corrected chi connectivity index (χ0v) is 14.3. The standard InChI is InChI=1S/C16H20N4O3S/c1-22-13-4-2-3-12(11-13)15(21)17-16-19-18-14(24-16)5-6-20-7-9-23-10-8-20/h2-4,11H,5-10H2,1H3,(H,17,19,21). The van der Waals surface area contributed by atoms with Crippen LogP contribution in [0.4, 0.5) is 5.13 Å². The van der Waals surface area contributed by atoms with E-state index in [0.717, 1.165) is 44.3 Å². The van der Waals surface area contributed by atoms with E-state index in [0.29, 0.717) is 16.4 Å². The number of nitrogens with one attached hydrogen (secondary N) is 1. The number of carbonyl (C=O) groups excluding carboxylic acids is 1. The second-order valence-electron chi connectivity index (χ2n) is 5.39. The zero-order valence-electron chi connectivity index (χ0n) is 13.5. The van der Waals surface area contributed by atoms with E-state index in [4.69, 9.17) is 9.47 Å². The van der Waals surface area contributed by atoms with E-state index in [1.165, 1.54) is 11.3 Å². The lowest BCUT2D eigenvalue weighted by atomic mass is 10.2. The third-order valence-corrected chi connectivity index (χ3v) is 4.66. The van der Waals surface area contributed by atoms with Gasteiger partial charge in [0, 0.05) is 31.6 Å². The minimum Gasteiger partial charge on any atom is -0.497 e. The number of ether oxygens (including phenoxy) is 2. The van der Waals surface area contributed by atoms with Crippen LogP contribution in [-0.4, -0.2) is 61.0 Å². The Bertz CT molecular complexity index is 685. The second kappa shape index (κ2) is 8.18. The lowest BCUT2D eigenvalue weighted by Gasteiger charge is -2.25. The fourth-order valence-corrected chi connectivity index (χ4v) is 3.14. The molecule has 0 radical (unpaired) electrons. The molecule has 1 fully saturated rings. The van der Waals surface area contributed by atoms with Crippen LogP contribution in [0.15, 0.2) is 24.3 Å². The van der Waals surface area contributed by atoms with Crippen molar-refractivity contribution >= 4 is 22.4 Å². The molecule has 0 atom stereocenters. The van der Waals surface area contributed by atoms with E-state index in [-0.39, 0.29) is 5.91 Å². The van der Waals surface area contributed by atoms with Gasteiger partial charge in [-0.15, -0.1) is 10.2 Å². The van der Waals surface area contributed by atoms with E-state index in [1.54, 1.807) is 31.4 Å². The monoisotopic (exact) mass is 348 g/mol. The Labute approximate surface area is 144 Å². The number of amides is 1. The normalized spacial score (nSPS) is 15.2. The highest BCUT2D eigenvalue weighted by Gasteiger charge is 2.13. The Hall–Kier alpha value is -2.03. The van der Waals surface area contributed by atoms with Gasteiger partial charge in [-0.3, -0.25) is 15.0 Å². The number of nitrogens with zero attached hydrogens (tertiary/aromatic N) is 3. The van der Waals surface area contributed by atoms with Crippen LogP contribution in [0.2, 0.25) is 0 Å². The first-order valence-corrected chi connectivity index (χ1v) is 8.64. The van der Waals surface area contributed by atoms with Crippen molar-refractivity contribution in [1.82, 2.24) is 15.1 Å². The van der Waals surface area contributed by atoms with Crippen molar-refractivity contribution in [2.24, 2.45) is 0 Å². The average molecular weight is 348 g/mol. The van der Waals surface area contributed by atoms with Gasteiger partial charge in [-0.05, 0) is 18.2 Å². The van der Waals surface area contributed by atoms with Gasteiger partial charge >= 0.3 is 0 Å². The quantitative estimate of drug-likeness (QED) is 0.856. The van der Waals surface area contributed by atoms with E-state index >= 15 is 0 Å². The van der Waals surface area contributed by atoms with Crippen molar-refractivity contribution < 1.29 is 14.3 Å². The summed E-state index contributed by atoms with van der Waals surface area (Å²) in [4.78, 5) is 14.6. The van der Waals surface area contributed by atoms with Gasteiger partial charge in [0.05, 0.1) is 20.3 Å². The molecule has 128 valence electrons. The smallest absolute Gasteiger partial charge is 0.257 e. The van der Waals surface area contributed by atoms with Crippen LogP contribution < -0.4 is 10.1 Å². The van der Waals surface area contributed by atoms with Crippen molar-refractivity contribution in [2.75, 3.05) is 45.3 Å². The fourth-order valence-electron chi connectivity index (χ4n) is 2.42. The Balaban J connectivity index is 1.54. The minimum absolute atomic E-state index is 0.218. The molecular formula is C16H20N4O3S. The summed E-state index contributed by atoms with van der Waals surface area (Å²) in [5.41, 5.74) is 0.527. The molecule has 1 N–H and O–H groups in total. The maximum absolute atomic E-state index is 12.2. The van der Waals surface area contributed by atoms with Gasteiger partial charge in [0.15, 0.2) is 0 Å². The van der Waals surface area contributed by atoms with Crippen molar-refractivity contribution in [3.63, 3.8) is 0 Å². The highest BCUT2D eigenvalue weighted by atomic mass is 32.1. The molecule has 2 heterocycles. The molecule has 1 amide bonds.